The van der Waals surface area contributed by atoms with Crippen molar-refractivity contribution < 1.29 is 43.2 Å². The number of hydrogen-bond donors (Lipinski definition) is 1. The quantitative estimate of drug-likeness (QED) is 0.219. The van der Waals surface area contributed by atoms with Crippen LogP contribution in [0.1, 0.15) is 34.1 Å². The molecule has 0 spiro atoms. The second-order valence-corrected chi connectivity index (χ2v) is 6.04. The molecule has 12 nitrogen and oxygen atoms in total. The molecule has 1 aliphatic carbocycles. The molecule has 0 aromatic heterocycles. The van der Waals surface area contributed by atoms with Gasteiger partial charge in [0.2, 0.25) is 0 Å². The number of azide groups is 1. The highest BCUT2D eigenvalue weighted by molar-refractivity contribution is 5.69. The summed E-state index contributed by atoms with van der Waals surface area (Å²) in [6.45, 7) is 3.65. The van der Waals surface area contributed by atoms with Crippen molar-refractivity contribution in [3.05, 3.63) is 10.4 Å². The molecule has 0 aliphatic heterocycles. The van der Waals surface area contributed by atoms with Gasteiger partial charge in [-0.25, -0.2) is 0 Å². The van der Waals surface area contributed by atoms with Crippen molar-refractivity contribution in [2.45, 2.75) is 64.1 Å². The SMILES string of the molecule is CC(=O)OC[C@@]1(O)C[C@H](N=[N+]=[N-])[C@H](OC(C)=O)[C@@H](OC(C)=O)[C@@H]1OC(C)=O. The molecule has 150 valence electrons. The largest absolute Gasteiger partial charge is 0.463 e. The van der Waals surface area contributed by atoms with E-state index in [2.05, 4.69) is 10.0 Å². The molecule has 1 N–H and O–H groups in total. The van der Waals surface area contributed by atoms with Crippen LogP contribution in [0.2, 0.25) is 0 Å². The lowest BCUT2D eigenvalue weighted by atomic mass is 9.76. The molecule has 1 fully saturated rings. The van der Waals surface area contributed by atoms with Crippen LogP contribution < -0.4 is 0 Å². The van der Waals surface area contributed by atoms with E-state index in [1.165, 1.54) is 0 Å². The number of carbonyl (C=O) groups excluding carboxylic acids is 4. The fraction of sp³-hybridized carbons (Fsp3) is 0.733. The van der Waals surface area contributed by atoms with Gasteiger partial charge in [0, 0.05) is 32.6 Å². The normalized spacial score (nSPS) is 29.7. The molecule has 1 aliphatic rings. The Morgan fingerprint density at radius 1 is 1.00 bits per heavy atom. The minimum Gasteiger partial charge on any atom is -0.463 e. The zero-order valence-corrected chi connectivity index (χ0v) is 15.3. The standard InChI is InChI=1S/C15H21N3O9/c1-7(19)24-6-15(23)5-11(17-18-16)12(25-8(2)20)13(26-9(3)21)14(15)27-10(4)22/h11-14,23H,5-6H2,1-4H3/t11-,12-,13+,14-,15-/m0/s1. The van der Waals surface area contributed by atoms with E-state index < -0.39 is 66.9 Å². The summed E-state index contributed by atoms with van der Waals surface area (Å²) in [5, 5.41) is 14.5. The molecule has 0 radical (unpaired) electrons. The molecule has 1 rings (SSSR count). The summed E-state index contributed by atoms with van der Waals surface area (Å²) >= 11 is 0. The number of rotatable bonds is 6. The van der Waals surface area contributed by atoms with Gasteiger partial charge in [0.25, 0.3) is 0 Å². The summed E-state index contributed by atoms with van der Waals surface area (Å²) in [7, 11) is 0. The average molecular weight is 387 g/mol. The Bertz CT molecular complexity index is 661. The molecular formula is C15H21N3O9. The second-order valence-electron chi connectivity index (χ2n) is 6.04. The summed E-state index contributed by atoms with van der Waals surface area (Å²) in [6.07, 6.45) is -4.77. The molecule has 0 saturated heterocycles. The van der Waals surface area contributed by atoms with Crippen LogP contribution in [-0.2, 0) is 38.1 Å². The number of hydrogen-bond acceptors (Lipinski definition) is 10. The van der Waals surface area contributed by atoms with Crippen molar-refractivity contribution in [2.24, 2.45) is 5.11 Å². The molecule has 0 bridgehead atoms. The number of aliphatic hydroxyl groups is 1. The van der Waals surface area contributed by atoms with Crippen LogP contribution in [0.3, 0.4) is 0 Å². The van der Waals surface area contributed by atoms with Gasteiger partial charge in [-0.2, -0.15) is 0 Å². The summed E-state index contributed by atoms with van der Waals surface area (Å²) in [5.74, 6) is -3.16. The van der Waals surface area contributed by atoms with E-state index in [-0.39, 0.29) is 0 Å². The van der Waals surface area contributed by atoms with Crippen molar-refractivity contribution in [2.75, 3.05) is 6.61 Å². The summed E-state index contributed by atoms with van der Waals surface area (Å²) in [6, 6.07) is -1.18. The lowest BCUT2D eigenvalue weighted by Crippen LogP contribution is -2.66. The van der Waals surface area contributed by atoms with Crippen molar-refractivity contribution >= 4 is 23.9 Å². The highest BCUT2D eigenvalue weighted by Crippen LogP contribution is 2.37. The Morgan fingerprint density at radius 3 is 1.96 bits per heavy atom. The van der Waals surface area contributed by atoms with Gasteiger partial charge in [0.05, 0.1) is 6.04 Å². The van der Waals surface area contributed by atoms with Crippen LogP contribution in [0, 0.1) is 0 Å². The highest BCUT2D eigenvalue weighted by Gasteiger charge is 2.58. The van der Waals surface area contributed by atoms with E-state index in [9.17, 15) is 24.3 Å². The van der Waals surface area contributed by atoms with E-state index >= 15 is 0 Å². The molecule has 0 aromatic rings. The summed E-state index contributed by atoms with van der Waals surface area (Å²) < 4.78 is 20.2. The Balaban J connectivity index is 3.44. The number of ether oxygens (including phenoxy) is 4. The molecule has 5 atom stereocenters. The summed E-state index contributed by atoms with van der Waals surface area (Å²) in [4.78, 5) is 48.3. The Labute approximate surface area is 154 Å². The molecule has 0 unspecified atom stereocenters. The van der Waals surface area contributed by atoms with E-state index in [1.54, 1.807) is 0 Å². The Morgan fingerprint density at radius 2 is 1.52 bits per heavy atom. The maximum absolute atomic E-state index is 11.5. The third-order valence-electron chi connectivity index (χ3n) is 3.72. The van der Waals surface area contributed by atoms with Crippen molar-refractivity contribution in [3.8, 4) is 0 Å². The molecule has 0 amide bonds. The number of carbonyl (C=O) groups is 4. The van der Waals surface area contributed by atoms with Crippen molar-refractivity contribution in [3.63, 3.8) is 0 Å². The van der Waals surface area contributed by atoms with Gasteiger partial charge in [0.15, 0.2) is 18.3 Å². The van der Waals surface area contributed by atoms with Crippen molar-refractivity contribution in [1.82, 2.24) is 0 Å². The van der Waals surface area contributed by atoms with E-state index in [0.29, 0.717) is 0 Å². The molecule has 0 aromatic carbocycles. The number of nitrogens with zero attached hydrogens (tertiary/aromatic N) is 3. The van der Waals surface area contributed by atoms with Crippen molar-refractivity contribution in [1.29, 1.82) is 0 Å². The maximum Gasteiger partial charge on any atom is 0.303 e. The molecule has 0 heterocycles. The molecule has 12 heteroatoms. The first-order valence-corrected chi connectivity index (χ1v) is 7.91. The lowest BCUT2D eigenvalue weighted by Gasteiger charge is -2.47. The maximum atomic E-state index is 11.5. The Hall–Kier alpha value is -2.85. The van der Waals surface area contributed by atoms with Gasteiger partial charge < -0.3 is 24.1 Å². The lowest BCUT2D eigenvalue weighted by molar-refractivity contribution is -0.236. The fourth-order valence-electron chi connectivity index (χ4n) is 2.85. The topological polar surface area (TPSA) is 174 Å². The third kappa shape index (κ3) is 6.12. The first kappa shape index (κ1) is 22.2. The Kier molecular flexibility index (Phi) is 7.56. The summed E-state index contributed by atoms with van der Waals surface area (Å²) in [5.41, 5.74) is 6.73. The monoisotopic (exact) mass is 387 g/mol. The predicted molar refractivity (Wildman–Crippen MR) is 85.8 cm³/mol. The minimum atomic E-state index is -2.06. The minimum absolute atomic E-state index is 0.391. The zero-order valence-electron chi connectivity index (χ0n) is 15.3. The highest BCUT2D eigenvalue weighted by atomic mass is 16.6. The number of esters is 4. The van der Waals surface area contributed by atoms with Gasteiger partial charge in [-0.3, -0.25) is 19.2 Å². The van der Waals surface area contributed by atoms with E-state index in [4.69, 9.17) is 24.5 Å². The van der Waals surface area contributed by atoms with Gasteiger partial charge in [-0.1, -0.05) is 5.11 Å². The zero-order chi connectivity index (χ0) is 20.8. The first-order valence-electron chi connectivity index (χ1n) is 7.91. The van der Waals surface area contributed by atoms with Gasteiger partial charge in [0.1, 0.15) is 12.2 Å². The molecule has 1 saturated carbocycles. The second kappa shape index (κ2) is 9.19. The smallest absolute Gasteiger partial charge is 0.303 e. The first-order chi connectivity index (χ1) is 12.5. The van der Waals surface area contributed by atoms with Gasteiger partial charge in [-0.05, 0) is 12.0 Å². The fourth-order valence-corrected chi connectivity index (χ4v) is 2.85. The average Bonchev–Trinajstić information content (AvgIpc) is 2.52. The van der Waals surface area contributed by atoms with Crippen LogP contribution >= 0.6 is 0 Å². The van der Waals surface area contributed by atoms with Crippen LogP contribution in [0.25, 0.3) is 10.4 Å². The third-order valence-corrected chi connectivity index (χ3v) is 3.72. The predicted octanol–water partition coefficient (Wildman–Crippen LogP) is 0.158. The van der Waals surface area contributed by atoms with Gasteiger partial charge in [-0.15, -0.1) is 0 Å². The van der Waals surface area contributed by atoms with Crippen LogP contribution in [-0.4, -0.2) is 65.5 Å². The van der Waals surface area contributed by atoms with Crippen LogP contribution in [0.15, 0.2) is 5.11 Å². The van der Waals surface area contributed by atoms with E-state index in [1.807, 2.05) is 0 Å². The van der Waals surface area contributed by atoms with E-state index in [0.717, 1.165) is 27.7 Å². The van der Waals surface area contributed by atoms with Crippen LogP contribution in [0.4, 0.5) is 0 Å². The molecular weight excluding hydrogens is 366 g/mol. The molecule has 27 heavy (non-hydrogen) atoms. The van der Waals surface area contributed by atoms with Gasteiger partial charge >= 0.3 is 23.9 Å². The van der Waals surface area contributed by atoms with Crippen LogP contribution in [0.5, 0.6) is 0 Å².